The van der Waals surface area contributed by atoms with E-state index in [1.165, 1.54) is 5.38 Å². The maximum absolute atomic E-state index is 12.6. The number of fused-ring (bicyclic) bond motifs is 1. The summed E-state index contributed by atoms with van der Waals surface area (Å²) in [6.45, 7) is 2.89. The van der Waals surface area contributed by atoms with Crippen LogP contribution in [0.1, 0.15) is 26.4 Å². The van der Waals surface area contributed by atoms with Gasteiger partial charge in [-0.2, -0.15) is 13.2 Å². The summed E-state index contributed by atoms with van der Waals surface area (Å²) in [5, 5.41) is 7.19. The number of nitrogens with zero attached hydrogens (tertiary/aromatic N) is 1. The van der Waals surface area contributed by atoms with E-state index in [-0.39, 0.29) is 12.1 Å². The van der Waals surface area contributed by atoms with Crippen LogP contribution in [0.15, 0.2) is 23.6 Å². The fraction of sp³-hybridized carbons (Fsp3) is 0.312. The van der Waals surface area contributed by atoms with Crippen LogP contribution in [0.25, 0.3) is 0 Å². The minimum atomic E-state index is -4.42. The van der Waals surface area contributed by atoms with E-state index in [2.05, 4.69) is 10.6 Å². The summed E-state index contributed by atoms with van der Waals surface area (Å²) in [4.78, 5) is 13.4. The molecule has 2 heterocycles. The largest absolute Gasteiger partial charge is 0.425 e. The van der Waals surface area contributed by atoms with Crippen molar-refractivity contribution in [3.8, 4) is 0 Å². The molecule has 0 atom stereocenters. The van der Waals surface area contributed by atoms with Crippen molar-refractivity contribution < 1.29 is 18.0 Å². The Balaban J connectivity index is 1.76. The van der Waals surface area contributed by atoms with Gasteiger partial charge < -0.3 is 15.5 Å². The third-order valence-corrected chi connectivity index (χ3v) is 4.95. The summed E-state index contributed by atoms with van der Waals surface area (Å²) in [6, 6.07) is 4.82. The molecule has 0 fully saturated rings. The number of carbonyl (C=O) groups excluding carboxylic acids is 1. The van der Waals surface area contributed by atoms with Gasteiger partial charge in [-0.05, 0) is 30.2 Å². The number of anilines is 2. The molecule has 1 aromatic heterocycles. The second-order valence-corrected chi connectivity index (χ2v) is 6.58. The standard InChI is InChI=1S/C16H16F3N3OS/c1-9-3-4-12-14(22(2)8-21-12)11(9)6-20-15(23)10-5-13(24-7-10)16(17,18)19/h3-5,7,21H,6,8H2,1-2H3,(H,20,23). The second kappa shape index (κ2) is 6.01. The Morgan fingerprint density at radius 3 is 2.83 bits per heavy atom. The molecular weight excluding hydrogens is 339 g/mol. The van der Waals surface area contributed by atoms with Crippen molar-refractivity contribution in [3.63, 3.8) is 0 Å². The van der Waals surface area contributed by atoms with Crippen molar-refractivity contribution in [1.82, 2.24) is 5.32 Å². The minimum absolute atomic E-state index is 0.0315. The normalized spacial score (nSPS) is 13.6. The monoisotopic (exact) mass is 355 g/mol. The van der Waals surface area contributed by atoms with E-state index >= 15 is 0 Å². The van der Waals surface area contributed by atoms with E-state index in [1.54, 1.807) is 0 Å². The third-order valence-electron chi connectivity index (χ3n) is 3.97. The first-order chi connectivity index (χ1) is 11.3. The summed E-state index contributed by atoms with van der Waals surface area (Å²) in [5.74, 6) is -0.507. The zero-order chi connectivity index (χ0) is 17.5. The van der Waals surface area contributed by atoms with Gasteiger partial charge in [-0.25, -0.2) is 0 Å². The molecule has 0 saturated carbocycles. The molecule has 0 spiro atoms. The first kappa shape index (κ1) is 16.6. The molecule has 24 heavy (non-hydrogen) atoms. The van der Waals surface area contributed by atoms with Crippen LogP contribution in [-0.2, 0) is 12.7 Å². The Hall–Kier alpha value is -2.22. The Labute approximate surface area is 141 Å². The SMILES string of the molecule is Cc1ccc2c(c1CNC(=O)c1csc(C(F)(F)F)c1)N(C)CN2. The number of rotatable bonds is 3. The van der Waals surface area contributed by atoms with Crippen molar-refractivity contribution in [1.29, 1.82) is 0 Å². The number of hydrogen-bond acceptors (Lipinski definition) is 4. The maximum atomic E-state index is 12.6. The van der Waals surface area contributed by atoms with Crippen molar-refractivity contribution in [3.05, 3.63) is 45.1 Å². The van der Waals surface area contributed by atoms with E-state index in [4.69, 9.17) is 0 Å². The molecule has 0 aliphatic carbocycles. The Morgan fingerprint density at radius 1 is 1.42 bits per heavy atom. The summed E-state index contributed by atoms with van der Waals surface area (Å²) in [5.41, 5.74) is 4.01. The van der Waals surface area contributed by atoms with Crippen LogP contribution < -0.4 is 15.5 Å². The predicted octanol–water partition coefficient (Wildman–Crippen LogP) is 3.82. The quantitative estimate of drug-likeness (QED) is 0.880. The number of nitrogens with one attached hydrogen (secondary N) is 2. The molecule has 128 valence electrons. The number of carbonyl (C=O) groups is 1. The zero-order valence-corrected chi connectivity index (χ0v) is 13.9. The fourth-order valence-corrected chi connectivity index (χ4v) is 3.45. The highest BCUT2D eigenvalue weighted by atomic mass is 32.1. The van der Waals surface area contributed by atoms with Gasteiger partial charge in [0, 0.05) is 19.0 Å². The van der Waals surface area contributed by atoms with Crippen LogP contribution in [0.4, 0.5) is 24.5 Å². The summed E-state index contributed by atoms with van der Waals surface area (Å²) >= 11 is 0.526. The molecule has 8 heteroatoms. The van der Waals surface area contributed by atoms with Gasteiger partial charge in [0.05, 0.1) is 23.6 Å². The number of halogens is 3. The number of thiophene rings is 1. The van der Waals surface area contributed by atoms with Crippen molar-refractivity contribution in [2.45, 2.75) is 19.6 Å². The maximum Gasteiger partial charge on any atom is 0.425 e. The first-order valence-electron chi connectivity index (χ1n) is 7.29. The fourth-order valence-electron chi connectivity index (χ4n) is 2.70. The number of alkyl halides is 3. The number of benzene rings is 1. The summed E-state index contributed by atoms with van der Waals surface area (Å²) < 4.78 is 37.9. The Bertz CT molecular complexity index is 785. The number of amides is 1. The van der Waals surface area contributed by atoms with Crippen LogP contribution in [0.5, 0.6) is 0 Å². The van der Waals surface area contributed by atoms with Gasteiger partial charge in [-0.1, -0.05) is 6.07 Å². The van der Waals surface area contributed by atoms with Crippen molar-refractivity contribution in [2.24, 2.45) is 0 Å². The van der Waals surface area contributed by atoms with E-state index in [0.29, 0.717) is 18.0 Å². The highest BCUT2D eigenvalue weighted by molar-refractivity contribution is 7.10. The van der Waals surface area contributed by atoms with E-state index in [9.17, 15) is 18.0 Å². The molecule has 2 N–H and O–H groups in total. The van der Waals surface area contributed by atoms with Gasteiger partial charge in [0.25, 0.3) is 5.91 Å². The molecule has 1 aromatic carbocycles. The van der Waals surface area contributed by atoms with Gasteiger partial charge in [-0.3, -0.25) is 4.79 Å². The van der Waals surface area contributed by atoms with Crippen LogP contribution >= 0.6 is 11.3 Å². The zero-order valence-electron chi connectivity index (χ0n) is 13.1. The average Bonchev–Trinajstić information content (AvgIpc) is 3.13. The van der Waals surface area contributed by atoms with Crippen LogP contribution in [0.3, 0.4) is 0 Å². The van der Waals surface area contributed by atoms with Crippen molar-refractivity contribution >= 4 is 28.6 Å². The smallest absolute Gasteiger partial charge is 0.366 e. The molecular formula is C16H16F3N3OS. The first-order valence-corrected chi connectivity index (χ1v) is 8.16. The van der Waals surface area contributed by atoms with Gasteiger partial charge in [-0.15, -0.1) is 11.3 Å². The molecule has 1 amide bonds. The average molecular weight is 355 g/mol. The summed E-state index contributed by atoms with van der Waals surface area (Å²) in [7, 11) is 1.94. The van der Waals surface area contributed by atoms with Crippen LogP contribution in [-0.4, -0.2) is 19.6 Å². The van der Waals surface area contributed by atoms with Crippen LogP contribution in [0.2, 0.25) is 0 Å². The minimum Gasteiger partial charge on any atom is -0.366 e. The van der Waals surface area contributed by atoms with E-state index in [0.717, 1.165) is 28.6 Å². The van der Waals surface area contributed by atoms with E-state index < -0.39 is 17.0 Å². The second-order valence-electron chi connectivity index (χ2n) is 5.67. The Morgan fingerprint density at radius 2 is 2.17 bits per heavy atom. The molecule has 3 rings (SSSR count). The topological polar surface area (TPSA) is 44.4 Å². The van der Waals surface area contributed by atoms with Gasteiger partial charge in [0.1, 0.15) is 4.88 Å². The molecule has 2 aromatic rings. The Kier molecular flexibility index (Phi) is 4.16. The lowest BCUT2D eigenvalue weighted by Crippen LogP contribution is -2.24. The third kappa shape index (κ3) is 3.06. The van der Waals surface area contributed by atoms with Crippen LogP contribution in [0, 0.1) is 6.92 Å². The van der Waals surface area contributed by atoms with Gasteiger partial charge >= 0.3 is 6.18 Å². The summed E-state index contributed by atoms with van der Waals surface area (Å²) in [6.07, 6.45) is -4.42. The lowest BCUT2D eigenvalue weighted by Gasteiger charge is -2.17. The number of aryl methyl sites for hydroxylation is 1. The highest BCUT2D eigenvalue weighted by Gasteiger charge is 2.33. The number of hydrogen-bond donors (Lipinski definition) is 2. The molecule has 1 aliphatic heterocycles. The predicted molar refractivity (Wildman–Crippen MR) is 88.6 cm³/mol. The van der Waals surface area contributed by atoms with Gasteiger partial charge in [0.2, 0.25) is 0 Å². The lowest BCUT2D eigenvalue weighted by atomic mass is 10.0. The lowest BCUT2D eigenvalue weighted by molar-refractivity contribution is -0.134. The van der Waals surface area contributed by atoms with Gasteiger partial charge in [0.15, 0.2) is 0 Å². The molecule has 0 saturated heterocycles. The molecule has 0 radical (unpaired) electrons. The molecule has 1 aliphatic rings. The molecule has 4 nitrogen and oxygen atoms in total. The van der Waals surface area contributed by atoms with E-state index in [1.807, 2.05) is 31.0 Å². The molecule has 0 unspecified atom stereocenters. The molecule has 0 bridgehead atoms. The van der Waals surface area contributed by atoms with Crippen molar-refractivity contribution in [2.75, 3.05) is 23.9 Å². The highest BCUT2D eigenvalue weighted by Crippen LogP contribution is 2.36.